The third-order valence-corrected chi connectivity index (χ3v) is 2.86. The first-order valence-electron chi connectivity index (χ1n) is 5.47. The van der Waals surface area contributed by atoms with E-state index in [-0.39, 0.29) is 19.3 Å². The molecule has 0 aliphatic rings. The fourth-order valence-electron chi connectivity index (χ4n) is 1.76. The number of oxazole rings is 1. The smallest absolute Gasteiger partial charge is 0.192 e. The third-order valence-electron chi connectivity index (χ3n) is 2.86. The van der Waals surface area contributed by atoms with Crippen molar-refractivity contribution in [3.05, 3.63) is 24.1 Å². The molecule has 0 aliphatic heterocycles. The van der Waals surface area contributed by atoms with Crippen molar-refractivity contribution in [1.82, 2.24) is 4.98 Å². The van der Waals surface area contributed by atoms with Gasteiger partial charge in [-0.05, 0) is 12.1 Å². The fourth-order valence-corrected chi connectivity index (χ4v) is 1.76. The average molecular weight is 236 g/mol. The lowest BCUT2D eigenvalue weighted by Crippen LogP contribution is -2.37. The number of nitrogens with zero attached hydrogens (tertiary/aromatic N) is 2. The molecular formula is C12H16N2O3. The van der Waals surface area contributed by atoms with Crippen LogP contribution in [0, 0.1) is 6.92 Å². The number of hydrogen-bond acceptors (Lipinski definition) is 5. The van der Waals surface area contributed by atoms with Crippen LogP contribution in [0.25, 0.3) is 11.1 Å². The Morgan fingerprint density at radius 3 is 2.71 bits per heavy atom. The minimum absolute atomic E-state index is 0.0968. The Hall–Kier alpha value is -1.59. The molecule has 0 aliphatic carbocycles. The Morgan fingerprint density at radius 2 is 2.06 bits per heavy atom. The van der Waals surface area contributed by atoms with Crippen LogP contribution in [0.3, 0.4) is 0 Å². The SMILES string of the molecule is Cc1nc2ccc(N(C)C(CO)CO)cc2o1. The monoisotopic (exact) mass is 236 g/mol. The van der Waals surface area contributed by atoms with Gasteiger partial charge in [0.05, 0.1) is 19.3 Å². The minimum atomic E-state index is -0.309. The summed E-state index contributed by atoms with van der Waals surface area (Å²) >= 11 is 0. The van der Waals surface area contributed by atoms with Crippen LogP contribution in [-0.2, 0) is 0 Å². The minimum Gasteiger partial charge on any atom is -0.441 e. The van der Waals surface area contributed by atoms with Gasteiger partial charge in [-0.3, -0.25) is 0 Å². The zero-order valence-electron chi connectivity index (χ0n) is 9.92. The van der Waals surface area contributed by atoms with E-state index in [1.165, 1.54) is 0 Å². The average Bonchev–Trinajstić information content (AvgIpc) is 2.69. The molecule has 0 spiro atoms. The zero-order valence-corrected chi connectivity index (χ0v) is 9.92. The normalized spacial score (nSPS) is 11.4. The summed E-state index contributed by atoms with van der Waals surface area (Å²) in [6.45, 7) is 1.61. The van der Waals surface area contributed by atoms with Gasteiger partial charge in [-0.1, -0.05) is 0 Å². The molecule has 0 radical (unpaired) electrons. The van der Waals surface area contributed by atoms with Gasteiger partial charge in [0.15, 0.2) is 11.5 Å². The van der Waals surface area contributed by atoms with Crippen LogP contribution >= 0.6 is 0 Å². The number of aliphatic hydroxyl groups is 2. The van der Waals surface area contributed by atoms with E-state index in [1.54, 1.807) is 6.92 Å². The standard InChI is InChI=1S/C12H16N2O3/c1-8-13-11-4-3-9(5-12(11)17-8)14(2)10(6-15)7-16/h3-5,10,15-16H,6-7H2,1-2H3. The van der Waals surface area contributed by atoms with Gasteiger partial charge in [-0.25, -0.2) is 4.98 Å². The second kappa shape index (κ2) is 4.73. The number of anilines is 1. The molecule has 1 heterocycles. The fraction of sp³-hybridized carbons (Fsp3) is 0.417. The third kappa shape index (κ3) is 2.25. The van der Waals surface area contributed by atoms with Crippen molar-refractivity contribution < 1.29 is 14.6 Å². The van der Waals surface area contributed by atoms with E-state index in [4.69, 9.17) is 14.6 Å². The molecule has 17 heavy (non-hydrogen) atoms. The largest absolute Gasteiger partial charge is 0.441 e. The summed E-state index contributed by atoms with van der Waals surface area (Å²) in [7, 11) is 1.82. The summed E-state index contributed by atoms with van der Waals surface area (Å²) in [5, 5.41) is 18.3. The zero-order chi connectivity index (χ0) is 12.4. The Kier molecular flexibility index (Phi) is 3.31. The predicted octanol–water partition coefficient (Wildman–Crippen LogP) is 0.926. The Bertz CT molecular complexity index is 505. The maximum absolute atomic E-state index is 9.14. The van der Waals surface area contributed by atoms with E-state index < -0.39 is 0 Å². The quantitative estimate of drug-likeness (QED) is 0.826. The number of aryl methyl sites for hydroxylation is 1. The van der Waals surface area contributed by atoms with Gasteiger partial charge in [0.1, 0.15) is 5.52 Å². The second-order valence-corrected chi connectivity index (χ2v) is 4.01. The molecule has 0 unspecified atom stereocenters. The highest BCUT2D eigenvalue weighted by atomic mass is 16.3. The number of benzene rings is 1. The van der Waals surface area contributed by atoms with Crippen molar-refractivity contribution in [1.29, 1.82) is 0 Å². The Morgan fingerprint density at radius 1 is 1.35 bits per heavy atom. The van der Waals surface area contributed by atoms with Crippen LogP contribution in [0.4, 0.5) is 5.69 Å². The van der Waals surface area contributed by atoms with Crippen LogP contribution in [-0.4, -0.2) is 41.5 Å². The molecule has 0 bridgehead atoms. The summed E-state index contributed by atoms with van der Waals surface area (Å²) < 4.78 is 5.44. The van der Waals surface area contributed by atoms with Gasteiger partial charge in [0.2, 0.25) is 0 Å². The molecule has 0 fully saturated rings. The maximum atomic E-state index is 9.14. The van der Waals surface area contributed by atoms with Crippen LogP contribution in [0.15, 0.2) is 22.6 Å². The first-order chi connectivity index (χ1) is 8.15. The summed E-state index contributed by atoms with van der Waals surface area (Å²) in [6.07, 6.45) is 0. The van der Waals surface area contributed by atoms with E-state index >= 15 is 0 Å². The Balaban J connectivity index is 2.34. The molecule has 0 saturated heterocycles. The molecular weight excluding hydrogens is 220 g/mol. The van der Waals surface area contributed by atoms with E-state index in [2.05, 4.69) is 4.98 Å². The molecule has 0 amide bonds. The van der Waals surface area contributed by atoms with E-state index in [9.17, 15) is 0 Å². The van der Waals surface area contributed by atoms with Gasteiger partial charge in [0, 0.05) is 25.7 Å². The lowest BCUT2D eigenvalue weighted by molar-refractivity contribution is 0.191. The number of rotatable bonds is 4. The van der Waals surface area contributed by atoms with Crippen LogP contribution in [0.1, 0.15) is 5.89 Å². The number of likely N-dealkylation sites (N-methyl/N-ethyl adjacent to an activating group) is 1. The van der Waals surface area contributed by atoms with E-state index in [0.29, 0.717) is 11.5 Å². The summed E-state index contributed by atoms with van der Waals surface area (Å²) in [4.78, 5) is 6.03. The molecule has 0 saturated carbocycles. The van der Waals surface area contributed by atoms with E-state index in [0.717, 1.165) is 11.2 Å². The highest BCUT2D eigenvalue weighted by Gasteiger charge is 2.14. The lowest BCUT2D eigenvalue weighted by atomic mass is 10.2. The highest BCUT2D eigenvalue weighted by molar-refractivity contribution is 5.77. The van der Waals surface area contributed by atoms with Crippen molar-refractivity contribution in [3.63, 3.8) is 0 Å². The molecule has 1 aromatic heterocycles. The number of aliphatic hydroxyl groups excluding tert-OH is 2. The molecule has 2 N–H and O–H groups in total. The van der Waals surface area contributed by atoms with Gasteiger partial charge < -0.3 is 19.5 Å². The van der Waals surface area contributed by atoms with Crippen LogP contribution in [0.2, 0.25) is 0 Å². The Labute approximate surface area is 99.3 Å². The summed E-state index contributed by atoms with van der Waals surface area (Å²) in [6, 6.07) is 5.30. The first kappa shape index (κ1) is 11.9. The first-order valence-corrected chi connectivity index (χ1v) is 5.47. The van der Waals surface area contributed by atoms with Gasteiger partial charge >= 0.3 is 0 Å². The predicted molar refractivity (Wildman–Crippen MR) is 65.1 cm³/mol. The number of aromatic nitrogens is 1. The van der Waals surface area contributed by atoms with Crippen molar-refractivity contribution in [3.8, 4) is 0 Å². The topological polar surface area (TPSA) is 69.7 Å². The highest BCUT2D eigenvalue weighted by Crippen LogP contribution is 2.23. The number of fused-ring (bicyclic) bond motifs is 1. The second-order valence-electron chi connectivity index (χ2n) is 4.01. The molecule has 0 atom stereocenters. The van der Waals surface area contributed by atoms with Crippen LogP contribution < -0.4 is 4.90 Å². The summed E-state index contributed by atoms with van der Waals surface area (Å²) in [5.41, 5.74) is 2.40. The van der Waals surface area contributed by atoms with Gasteiger partial charge in [0.25, 0.3) is 0 Å². The molecule has 5 heteroatoms. The van der Waals surface area contributed by atoms with Crippen molar-refractivity contribution in [2.24, 2.45) is 0 Å². The van der Waals surface area contributed by atoms with Crippen molar-refractivity contribution in [2.75, 3.05) is 25.2 Å². The van der Waals surface area contributed by atoms with Crippen LogP contribution in [0.5, 0.6) is 0 Å². The molecule has 2 rings (SSSR count). The van der Waals surface area contributed by atoms with Gasteiger partial charge in [-0.2, -0.15) is 0 Å². The molecule has 5 nitrogen and oxygen atoms in total. The van der Waals surface area contributed by atoms with Crippen molar-refractivity contribution in [2.45, 2.75) is 13.0 Å². The molecule has 2 aromatic rings. The molecule has 92 valence electrons. The van der Waals surface area contributed by atoms with Gasteiger partial charge in [-0.15, -0.1) is 0 Å². The molecule has 1 aromatic carbocycles. The van der Waals surface area contributed by atoms with E-state index in [1.807, 2.05) is 30.1 Å². The lowest BCUT2D eigenvalue weighted by Gasteiger charge is -2.26. The maximum Gasteiger partial charge on any atom is 0.192 e. The summed E-state index contributed by atoms with van der Waals surface area (Å²) in [5.74, 6) is 0.626. The van der Waals surface area contributed by atoms with Crippen molar-refractivity contribution >= 4 is 16.8 Å². The number of hydrogen-bond donors (Lipinski definition) is 2.